The Morgan fingerprint density at radius 2 is 1.93 bits per heavy atom. The van der Waals surface area contributed by atoms with Gasteiger partial charge in [-0.1, -0.05) is 19.8 Å². The van der Waals surface area contributed by atoms with Gasteiger partial charge in [0.05, 0.1) is 11.7 Å². The number of hydrogen-bond donors (Lipinski definition) is 0. The van der Waals surface area contributed by atoms with Crippen molar-refractivity contribution in [3.8, 4) is 0 Å². The number of alkyl halides is 1. The molecule has 1 spiro atoms. The SMILES string of the molecule is CCC(C)(C)OC1CC(Cl)C12CCCC2. The highest BCUT2D eigenvalue weighted by Crippen LogP contribution is 2.57. The molecule has 2 saturated carbocycles. The molecule has 0 amide bonds. The molecule has 0 aromatic rings. The van der Waals surface area contributed by atoms with Crippen LogP contribution in [0.5, 0.6) is 0 Å². The van der Waals surface area contributed by atoms with Crippen LogP contribution in [0, 0.1) is 5.41 Å². The molecular formula is C13H23ClO. The molecule has 0 heterocycles. The Hall–Kier alpha value is 0.250. The predicted molar refractivity (Wildman–Crippen MR) is 64.4 cm³/mol. The van der Waals surface area contributed by atoms with Crippen LogP contribution in [0.15, 0.2) is 0 Å². The third-order valence-electron chi connectivity index (χ3n) is 4.53. The fourth-order valence-electron chi connectivity index (χ4n) is 3.00. The normalized spacial score (nSPS) is 34.4. The molecule has 2 unspecified atom stereocenters. The molecule has 2 rings (SSSR count). The lowest BCUT2D eigenvalue weighted by Crippen LogP contribution is -2.56. The van der Waals surface area contributed by atoms with Crippen molar-refractivity contribution in [3.63, 3.8) is 0 Å². The molecular weight excluding hydrogens is 208 g/mol. The minimum Gasteiger partial charge on any atom is -0.372 e. The molecule has 0 saturated heterocycles. The highest BCUT2D eigenvalue weighted by molar-refractivity contribution is 6.21. The maximum Gasteiger partial charge on any atom is 0.0667 e. The first-order valence-electron chi connectivity index (χ1n) is 6.32. The van der Waals surface area contributed by atoms with E-state index < -0.39 is 0 Å². The van der Waals surface area contributed by atoms with E-state index in [4.69, 9.17) is 16.3 Å². The minimum atomic E-state index is 0.0251. The topological polar surface area (TPSA) is 9.23 Å². The van der Waals surface area contributed by atoms with Crippen LogP contribution < -0.4 is 0 Å². The van der Waals surface area contributed by atoms with Crippen molar-refractivity contribution >= 4 is 11.6 Å². The standard InChI is InChI=1S/C13H23ClO/c1-4-12(2,3)15-11-9-10(14)13(11)7-5-6-8-13/h10-11H,4-9H2,1-3H3. The molecule has 2 heteroatoms. The fraction of sp³-hybridized carbons (Fsp3) is 1.00. The number of halogens is 1. The summed E-state index contributed by atoms with van der Waals surface area (Å²) >= 11 is 6.40. The van der Waals surface area contributed by atoms with Crippen molar-refractivity contribution in [1.82, 2.24) is 0 Å². The van der Waals surface area contributed by atoms with E-state index in [0.29, 0.717) is 16.9 Å². The molecule has 0 radical (unpaired) electrons. The van der Waals surface area contributed by atoms with Crippen molar-refractivity contribution < 1.29 is 4.74 Å². The van der Waals surface area contributed by atoms with Gasteiger partial charge in [0.1, 0.15) is 0 Å². The van der Waals surface area contributed by atoms with E-state index in [-0.39, 0.29) is 5.60 Å². The van der Waals surface area contributed by atoms with E-state index in [0.717, 1.165) is 12.8 Å². The van der Waals surface area contributed by atoms with Gasteiger partial charge in [0.15, 0.2) is 0 Å². The van der Waals surface area contributed by atoms with Crippen LogP contribution in [0.25, 0.3) is 0 Å². The molecule has 2 fully saturated rings. The molecule has 88 valence electrons. The van der Waals surface area contributed by atoms with E-state index >= 15 is 0 Å². The first-order valence-corrected chi connectivity index (χ1v) is 6.76. The Labute approximate surface area is 98.5 Å². The van der Waals surface area contributed by atoms with Gasteiger partial charge in [-0.05, 0) is 39.5 Å². The molecule has 0 bridgehead atoms. The zero-order chi connectivity index (χ0) is 11.1. The molecule has 2 aliphatic carbocycles. The van der Waals surface area contributed by atoms with Crippen LogP contribution in [-0.2, 0) is 4.74 Å². The lowest BCUT2D eigenvalue weighted by atomic mass is 9.64. The van der Waals surface area contributed by atoms with Gasteiger partial charge in [-0.3, -0.25) is 0 Å². The predicted octanol–water partition coefficient (Wildman–Crippen LogP) is 4.13. The van der Waals surface area contributed by atoms with Crippen LogP contribution in [0.1, 0.15) is 59.3 Å². The quantitative estimate of drug-likeness (QED) is 0.663. The molecule has 0 aromatic carbocycles. The zero-order valence-corrected chi connectivity index (χ0v) is 10.9. The van der Waals surface area contributed by atoms with Gasteiger partial charge in [0, 0.05) is 10.8 Å². The summed E-state index contributed by atoms with van der Waals surface area (Å²) in [5.74, 6) is 0. The lowest BCUT2D eigenvalue weighted by Gasteiger charge is -2.53. The van der Waals surface area contributed by atoms with Gasteiger partial charge in [0.25, 0.3) is 0 Å². The van der Waals surface area contributed by atoms with E-state index in [1.54, 1.807) is 0 Å². The summed E-state index contributed by atoms with van der Waals surface area (Å²) in [6, 6.07) is 0. The zero-order valence-electron chi connectivity index (χ0n) is 10.2. The van der Waals surface area contributed by atoms with Crippen molar-refractivity contribution in [1.29, 1.82) is 0 Å². The first kappa shape index (κ1) is 11.7. The summed E-state index contributed by atoms with van der Waals surface area (Å²) in [5, 5.41) is 0.373. The second kappa shape index (κ2) is 3.92. The summed E-state index contributed by atoms with van der Waals surface area (Å²) < 4.78 is 6.25. The van der Waals surface area contributed by atoms with Gasteiger partial charge in [-0.2, -0.15) is 0 Å². The van der Waals surface area contributed by atoms with E-state index in [9.17, 15) is 0 Å². The molecule has 0 aromatic heterocycles. The smallest absolute Gasteiger partial charge is 0.0667 e. The van der Waals surface area contributed by atoms with E-state index in [1.807, 2.05) is 0 Å². The number of hydrogen-bond acceptors (Lipinski definition) is 1. The second-order valence-electron chi connectivity index (χ2n) is 5.86. The van der Waals surface area contributed by atoms with Crippen LogP contribution in [-0.4, -0.2) is 17.1 Å². The van der Waals surface area contributed by atoms with Gasteiger partial charge >= 0.3 is 0 Å². The highest BCUT2D eigenvalue weighted by Gasteiger charge is 2.57. The molecule has 0 N–H and O–H groups in total. The Bertz CT molecular complexity index is 231. The Kier molecular flexibility index (Phi) is 3.07. The van der Waals surface area contributed by atoms with Crippen molar-refractivity contribution in [2.45, 2.75) is 76.4 Å². The van der Waals surface area contributed by atoms with Crippen LogP contribution in [0.3, 0.4) is 0 Å². The highest BCUT2D eigenvalue weighted by atomic mass is 35.5. The van der Waals surface area contributed by atoms with Crippen molar-refractivity contribution in [2.24, 2.45) is 5.41 Å². The van der Waals surface area contributed by atoms with Gasteiger partial charge in [0.2, 0.25) is 0 Å². The van der Waals surface area contributed by atoms with Crippen LogP contribution in [0.4, 0.5) is 0 Å². The Morgan fingerprint density at radius 3 is 2.40 bits per heavy atom. The second-order valence-corrected chi connectivity index (χ2v) is 6.39. The summed E-state index contributed by atoms with van der Waals surface area (Å²) in [4.78, 5) is 0. The Balaban J connectivity index is 2.00. The maximum absolute atomic E-state index is 6.40. The Morgan fingerprint density at radius 1 is 1.33 bits per heavy atom. The largest absolute Gasteiger partial charge is 0.372 e. The number of ether oxygens (including phenoxy) is 1. The average molecular weight is 231 g/mol. The van der Waals surface area contributed by atoms with Gasteiger partial charge < -0.3 is 4.74 Å². The number of rotatable bonds is 3. The summed E-state index contributed by atoms with van der Waals surface area (Å²) in [6.45, 7) is 6.58. The van der Waals surface area contributed by atoms with E-state index in [1.165, 1.54) is 25.7 Å². The van der Waals surface area contributed by atoms with Crippen molar-refractivity contribution in [2.75, 3.05) is 0 Å². The van der Waals surface area contributed by atoms with Gasteiger partial charge in [-0.15, -0.1) is 11.6 Å². The molecule has 0 aliphatic heterocycles. The van der Waals surface area contributed by atoms with Crippen molar-refractivity contribution in [3.05, 3.63) is 0 Å². The summed E-state index contributed by atoms with van der Waals surface area (Å²) in [7, 11) is 0. The average Bonchev–Trinajstić information content (AvgIpc) is 2.68. The molecule has 1 nitrogen and oxygen atoms in total. The molecule has 2 aliphatic rings. The maximum atomic E-state index is 6.40. The van der Waals surface area contributed by atoms with Gasteiger partial charge in [-0.25, -0.2) is 0 Å². The first-order chi connectivity index (χ1) is 7.00. The molecule has 15 heavy (non-hydrogen) atoms. The lowest BCUT2D eigenvalue weighted by molar-refractivity contribution is -0.171. The third-order valence-corrected chi connectivity index (χ3v) is 5.15. The molecule has 2 atom stereocenters. The van der Waals surface area contributed by atoms with E-state index in [2.05, 4.69) is 20.8 Å². The van der Waals surface area contributed by atoms with Crippen LogP contribution in [0.2, 0.25) is 0 Å². The summed E-state index contributed by atoms with van der Waals surface area (Å²) in [5.41, 5.74) is 0.366. The minimum absolute atomic E-state index is 0.0251. The van der Waals surface area contributed by atoms with Crippen LogP contribution >= 0.6 is 11.6 Å². The fourth-order valence-corrected chi connectivity index (χ4v) is 3.52. The monoisotopic (exact) mass is 230 g/mol. The summed E-state index contributed by atoms with van der Waals surface area (Å²) in [6.07, 6.45) is 7.82. The third kappa shape index (κ3) is 1.93.